The second kappa shape index (κ2) is 11.5. The molecule has 4 aromatic carbocycles. The number of carbonyl (C=O) groups is 1. The van der Waals surface area contributed by atoms with Crippen LogP contribution in [0.1, 0.15) is 54.6 Å². The normalized spacial score (nSPS) is 16.2. The van der Waals surface area contributed by atoms with Gasteiger partial charge in [0, 0.05) is 10.7 Å². The van der Waals surface area contributed by atoms with Crippen LogP contribution in [0.25, 0.3) is 0 Å². The zero-order valence-corrected chi connectivity index (χ0v) is 24.6. The number of aliphatic hydroxyl groups is 1. The molecule has 41 heavy (non-hydrogen) atoms. The number of benzene rings is 4. The van der Waals surface area contributed by atoms with E-state index in [0.29, 0.717) is 39.1 Å². The Morgan fingerprint density at radius 1 is 0.902 bits per heavy atom. The summed E-state index contributed by atoms with van der Waals surface area (Å²) in [6, 6.07) is 25.9. The third-order valence-corrected chi connectivity index (χ3v) is 7.73. The van der Waals surface area contributed by atoms with Crippen molar-refractivity contribution in [2.75, 3.05) is 19.1 Å². The number of ether oxygens (including phenoxy) is 3. The average Bonchev–Trinajstić information content (AvgIpc) is 2.96. The van der Waals surface area contributed by atoms with Crippen molar-refractivity contribution in [3.63, 3.8) is 0 Å². The van der Waals surface area contributed by atoms with Crippen molar-refractivity contribution in [1.29, 1.82) is 0 Å². The Balaban J connectivity index is 1.60. The van der Waals surface area contributed by atoms with Crippen molar-refractivity contribution in [2.45, 2.75) is 44.9 Å². The SMILES string of the molecule is COc1cccc([C@@](C)(O)c2ccc(N3C(=O)Cc4cc(OC)c(OC(C)C)cc4C3c3ccc(Cl)cc3)cc2)c1. The Labute approximate surface area is 246 Å². The summed E-state index contributed by atoms with van der Waals surface area (Å²) >= 11 is 6.24. The van der Waals surface area contributed by atoms with Gasteiger partial charge in [0.2, 0.25) is 5.91 Å². The van der Waals surface area contributed by atoms with Gasteiger partial charge in [-0.2, -0.15) is 0 Å². The maximum absolute atomic E-state index is 13.8. The van der Waals surface area contributed by atoms with Crippen LogP contribution < -0.4 is 19.1 Å². The van der Waals surface area contributed by atoms with Gasteiger partial charge in [-0.25, -0.2) is 0 Å². The van der Waals surface area contributed by atoms with Crippen molar-refractivity contribution in [3.05, 3.63) is 118 Å². The molecule has 1 unspecified atom stereocenters. The van der Waals surface area contributed by atoms with Crippen LogP contribution in [-0.4, -0.2) is 31.3 Å². The first-order valence-electron chi connectivity index (χ1n) is 13.5. The van der Waals surface area contributed by atoms with Crippen LogP contribution in [-0.2, 0) is 16.8 Å². The topological polar surface area (TPSA) is 68.2 Å². The average molecular weight is 572 g/mol. The fourth-order valence-corrected chi connectivity index (χ4v) is 5.49. The maximum atomic E-state index is 13.8. The minimum Gasteiger partial charge on any atom is -0.497 e. The molecule has 7 heteroatoms. The third-order valence-electron chi connectivity index (χ3n) is 7.48. The molecule has 1 aliphatic rings. The van der Waals surface area contributed by atoms with Gasteiger partial charge in [-0.3, -0.25) is 4.79 Å². The van der Waals surface area contributed by atoms with Crippen molar-refractivity contribution in [1.82, 2.24) is 0 Å². The molecule has 1 N–H and O–H groups in total. The number of nitrogens with zero attached hydrogens (tertiary/aromatic N) is 1. The van der Waals surface area contributed by atoms with Gasteiger partial charge in [0.1, 0.15) is 11.4 Å². The molecule has 0 radical (unpaired) electrons. The van der Waals surface area contributed by atoms with Crippen molar-refractivity contribution >= 4 is 23.2 Å². The molecule has 0 saturated carbocycles. The summed E-state index contributed by atoms with van der Waals surface area (Å²) in [6.07, 6.45) is 0.156. The quantitative estimate of drug-likeness (QED) is 0.245. The molecule has 5 rings (SSSR count). The van der Waals surface area contributed by atoms with E-state index in [2.05, 4.69) is 0 Å². The van der Waals surface area contributed by atoms with Crippen LogP contribution in [0.4, 0.5) is 5.69 Å². The molecule has 0 saturated heterocycles. The maximum Gasteiger partial charge on any atom is 0.232 e. The lowest BCUT2D eigenvalue weighted by atomic mass is 9.86. The van der Waals surface area contributed by atoms with Crippen LogP contribution in [0.2, 0.25) is 5.02 Å². The molecule has 0 aliphatic carbocycles. The Morgan fingerprint density at radius 2 is 1.61 bits per heavy atom. The third kappa shape index (κ3) is 5.63. The van der Waals surface area contributed by atoms with Gasteiger partial charge in [-0.05, 0) is 97.1 Å². The van der Waals surface area contributed by atoms with Gasteiger partial charge in [-0.15, -0.1) is 0 Å². The van der Waals surface area contributed by atoms with Gasteiger partial charge in [0.05, 0.1) is 32.8 Å². The number of hydrogen-bond acceptors (Lipinski definition) is 5. The number of carbonyl (C=O) groups excluding carboxylic acids is 1. The summed E-state index contributed by atoms with van der Waals surface area (Å²) in [4.78, 5) is 15.6. The van der Waals surface area contributed by atoms with Gasteiger partial charge in [0.25, 0.3) is 0 Å². The van der Waals surface area contributed by atoms with Crippen LogP contribution in [0, 0.1) is 0 Å². The van der Waals surface area contributed by atoms with E-state index in [1.807, 2.05) is 98.8 Å². The highest BCUT2D eigenvalue weighted by atomic mass is 35.5. The highest BCUT2D eigenvalue weighted by Crippen LogP contribution is 2.44. The monoisotopic (exact) mass is 571 g/mol. The second-order valence-corrected chi connectivity index (χ2v) is 11.1. The van der Waals surface area contributed by atoms with Crippen molar-refractivity contribution in [3.8, 4) is 17.2 Å². The zero-order chi connectivity index (χ0) is 29.3. The number of methoxy groups -OCH3 is 2. The number of halogens is 1. The Bertz CT molecular complexity index is 1550. The first-order valence-corrected chi connectivity index (χ1v) is 13.9. The van der Waals surface area contributed by atoms with E-state index < -0.39 is 11.6 Å². The number of rotatable bonds is 8. The molecule has 4 aromatic rings. The molecule has 0 spiro atoms. The number of fused-ring (bicyclic) bond motifs is 1. The number of anilines is 1. The predicted octanol–water partition coefficient (Wildman–Crippen LogP) is 7.08. The molecule has 6 nitrogen and oxygen atoms in total. The second-order valence-electron chi connectivity index (χ2n) is 10.6. The Morgan fingerprint density at radius 3 is 2.24 bits per heavy atom. The first-order chi connectivity index (χ1) is 19.6. The van der Waals surface area contributed by atoms with Crippen LogP contribution in [0.3, 0.4) is 0 Å². The molecule has 0 fully saturated rings. The van der Waals surface area contributed by atoms with Crippen LogP contribution >= 0.6 is 11.6 Å². The highest BCUT2D eigenvalue weighted by molar-refractivity contribution is 6.30. The summed E-state index contributed by atoms with van der Waals surface area (Å²) in [5.41, 5.74) is 3.61. The minimum absolute atomic E-state index is 0.0515. The summed E-state index contributed by atoms with van der Waals surface area (Å²) in [6.45, 7) is 5.68. The van der Waals surface area contributed by atoms with E-state index in [0.717, 1.165) is 16.7 Å². The number of amides is 1. The molecule has 1 amide bonds. The van der Waals surface area contributed by atoms with Gasteiger partial charge in [-0.1, -0.05) is 48.0 Å². The zero-order valence-electron chi connectivity index (χ0n) is 23.9. The molecular formula is C34H34ClNO5. The van der Waals surface area contributed by atoms with E-state index >= 15 is 0 Å². The summed E-state index contributed by atoms with van der Waals surface area (Å²) in [5.74, 6) is 1.83. The summed E-state index contributed by atoms with van der Waals surface area (Å²) in [7, 11) is 3.20. The van der Waals surface area contributed by atoms with E-state index in [-0.39, 0.29) is 18.4 Å². The molecule has 0 bridgehead atoms. The lowest BCUT2D eigenvalue weighted by Gasteiger charge is -2.38. The fourth-order valence-electron chi connectivity index (χ4n) is 5.37. The largest absolute Gasteiger partial charge is 0.497 e. The molecule has 2 atom stereocenters. The lowest BCUT2D eigenvalue weighted by molar-refractivity contribution is -0.118. The summed E-state index contributed by atoms with van der Waals surface area (Å²) in [5, 5.41) is 12.1. The first kappa shape index (κ1) is 28.5. The standard InChI is InChI=1S/C34H34ClNO5/c1-21(2)41-31-20-29-23(17-30(31)40-5)18-32(37)36(33(29)22-9-13-26(35)14-10-22)27-15-11-24(12-16-27)34(3,38)25-7-6-8-28(19-25)39-4/h6-17,19-21,33,38H,18H2,1-5H3/t33?,34-/m0/s1. The molecule has 1 aliphatic heterocycles. The van der Waals surface area contributed by atoms with Crippen LogP contribution in [0.15, 0.2) is 84.9 Å². The van der Waals surface area contributed by atoms with Crippen LogP contribution in [0.5, 0.6) is 17.2 Å². The van der Waals surface area contributed by atoms with Gasteiger partial charge >= 0.3 is 0 Å². The number of hydrogen-bond donors (Lipinski definition) is 1. The predicted molar refractivity (Wildman–Crippen MR) is 161 cm³/mol. The molecule has 212 valence electrons. The Kier molecular flexibility index (Phi) is 7.98. The highest BCUT2D eigenvalue weighted by Gasteiger charge is 2.36. The lowest BCUT2D eigenvalue weighted by Crippen LogP contribution is -2.41. The smallest absolute Gasteiger partial charge is 0.232 e. The molecular weight excluding hydrogens is 538 g/mol. The minimum atomic E-state index is -1.26. The van der Waals surface area contributed by atoms with E-state index in [1.54, 1.807) is 26.0 Å². The van der Waals surface area contributed by atoms with Gasteiger partial charge in [0.15, 0.2) is 11.5 Å². The van der Waals surface area contributed by atoms with Crippen molar-refractivity contribution in [2.24, 2.45) is 0 Å². The molecule has 0 aromatic heterocycles. The summed E-state index contributed by atoms with van der Waals surface area (Å²) < 4.78 is 17.1. The fraction of sp³-hybridized carbons (Fsp3) is 0.265. The van der Waals surface area contributed by atoms with E-state index in [4.69, 9.17) is 25.8 Å². The van der Waals surface area contributed by atoms with Gasteiger partial charge < -0.3 is 24.2 Å². The molecule has 1 heterocycles. The van der Waals surface area contributed by atoms with E-state index in [1.165, 1.54) is 0 Å². The Hall–Kier alpha value is -4.00. The van der Waals surface area contributed by atoms with E-state index in [9.17, 15) is 9.90 Å². The van der Waals surface area contributed by atoms with Crippen molar-refractivity contribution < 1.29 is 24.1 Å².